The van der Waals surface area contributed by atoms with Gasteiger partial charge in [-0.1, -0.05) is 49.2 Å². The summed E-state index contributed by atoms with van der Waals surface area (Å²) in [6, 6.07) is 9.75. The first-order chi connectivity index (χ1) is 9.65. The molecule has 104 valence electrons. The molecule has 1 aromatic carbocycles. The molecule has 1 amide bonds. The Morgan fingerprint density at radius 3 is 2.90 bits per heavy atom. The van der Waals surface area contributed by atoms with Crippen molar-refractivity contribution in [2.24, 2.45) is 5.92 Å². The van der Waals surface area contributed by atoms with E-state index in [-0.39, 0.29) is 11.9 Å². The van der Waals surface area contributed by atoms with Crippen molar-refractivity contribution >= 4 is 28.3 Å². The highest BCUT2D eigenvalue weighted by Gasteiger charge is 2.25. The average molecular weight is 289 g/mol. The first kappa shape index (κ1) is 13.4. The van der Waals surface area contributed by atoms with Crippen molar-refractivity contribution in [1.82, 2.24) is 10.3 Å². The molecule has 4 heteroatoms. The number of halogens is 1. The highest BCUT2D eigenvalue weighted by atomic mass is 35.5. The van der Waals surface area contributed by atoms with E-state index in [0.29, 0.717) is 16.8 Å². The maximum absolute atomic E-state index is 12.3. The SMILES string of the molecule is CC1CCCC1NC(=O)c1cc2ccccc2c(Cl)n1. The zero-order chi connectivity index (χ0) is 14.1. The Hall–Kier alpha value is -1.61. The van der Waals surface area contributed by atoms with Gasteiger partial charge in [0.05, 0.1) is 0 Å². The van der Waals surface area contributed by atoms with Gasteiger partial charge in [-0.15, -0.1) is 0 Å². The van der Waals surface area contributed by atoms with Crippen molar-refractivity contribution in [3.63, 3.8) is 0 Å². The quantitative estimate of drug-likeness (QED) is 0.854. The molecule has 1 aliphatic rings. The highest BCUT2D eigenvalue weighted by molar-refractivity contribution is 6.34. The van der Waals surface area contributed by atoms with Gasteiger partial charge in [-0.2, -0.15) is 0 Å². The van der Waals surface area contributed by atoms with Gasteiger partial charge < -0.3 is 5.32 Å². The number of fused-ring (bicyclic) bond motifs is 1. The van der Waals surface area contributed by atoms with Gasteiger partial charge in [0.15, 0.2) is 0 Å². The van der Waals surface area contributed by atoms with Gasteiger partial charge in [-0.05, 0) is 30.2 Å². The molecule has 0 saturated heterocycles. The number of nitrogens with zero attached hydrogens (tertiary/aromatic N) is 1. The van der Waals surface area contributed by atoms with Crippen LogP contribution in [-0.4, -0.2) is 16.9 Å². The van der Waals surface area contributed by atoms with Crippen LogP contribution in [-0.2, 0) is 0 Å². The number of hydrogen-bond acceptors (Lipinski definition) is 2. The minimum absolute atomic E-state index is 0.128. The molecule has 1 heterocycles. The number of rotatable bonds is 2. The molecule has 1 N–H and O–H groups in total. The van der Waals surface area contributed by atoms with E-state index < -0.39 is 0 Å². The van der Waals surface area contributed by atoms with Crippen LogP contribution in [0.2, 0.25) is 5.15 Å². The number of pyridine rings is 1. The van der Waals surface area contributed by atoms with Gasteiger partial charge in [-0.25, -0.2) is 4.98 Å². The minimum Gasteiger partial charge on any atom is -0.348 e. The van der Waals surface area contributed by atoms with Gasteiger partial charge in [0.1, 0.15) is 10.8 Å². The van der Waals surface area contributed by atoms with Crippen molar-refractivity contribution in [2.45, 2.75) is 32.2 Å². The Morgan fingerprint density at radius 2 is 2.15 bits per heavy atom. The Kier molecular flexibility index (Phi) is 3.62. The molecular weight excluding hydrogens is 272 g/mol. The van der Waals surface area contributed by atoms with Gasteiger partial charge >= 0.3 is 0 Å². The van der Waals surface area contributed by atoms with Crippen LogP contribution in [0.4, 0.5) is 0 Å². The van der Waals surface area contributed by atoms with Crippen LogP contribution in [0, 0.1) is 5.92 Å². The topological polar surface area (TPSA) is 42.0 Å². The molecule has 20 heavy (non-hydrogen) atoms. The third-order valence-corrected chi connectivity index (χ3v) is 4.39. The molecule has 1 saturated carbocycles. The van der Waals surface area contributed by atoms with E-state index in [4.69, 9.17) is 11.6 Å². The lowest BCUT2D eigenvalue weighted by atomic mass is 10.1. The molecular formula is C16H17ClN2O. The number of nitrogens with one attached hydrogen (secondary N) is 1. The summed E-state index contributed by atoms with van der Waals surface area (Å²) in [5.74, 6) is 0.409. The average Bonchev–Trinajstić information content (AvgIpc) is 2.84. The normalized spacial score (nSPS) is 22.1. The summed E-state index contributed by atoms with van der Waals surface area (Å²) in [5.41, 5.74) is 0.396. The van der Waals surface area contributed by atoms with Crippen LogP contribution < -0.4 is 5.32 Å². The zero-order valence-electron chi connectivity index (χ0n) is 11.4. The first-order valence-electron chi connectivity index (χ1n) is 7.01. The van der Waals surface area contributed by atoms with Crippen molar-refractivity contribution in [3.8, 4) is 0 Å². The Bertz CT molecular complexity index is 656. The molecule has 3 nitrogen and oxygen atoms in total. The fourth-order valence-electron chi connectivity index (χ4n) is 2.87. The third kappa shape index (κ3) is 2.50. The second kappa shape index (κ2) is 5.41. The number of hydrogen-bond donors (Lipinski definition) is 1. The maximum atomic E-state index is 12.3. The summed E-state index contributed by atoms with van der Waals surface area (Å²) in [7, 11) is 0. The van der Waals surface area contributed by atoms with E-state index in [1.807, 2.05) is 24.3 Å². The Morgan fingerprint density at radius 1 is 1.35 bits per heavy atom. The van der Waals surface area contributed by atoms with E-state index in [1.165, 1.54) is 12.8 Å². The highest BCUT2D eigenvalue weighted by Crippen LogP contribution is 2.26. The van der Waals surface area contributed by atoms with E-state index in [2.05, 4.69) is 17.2 Å². The largest absolute Gasteiger partial charge is 0.348 e. The van der Waals surface area contributed by atoms with Crippen LogP contribution in [0.15, 0.2) is 30.3 Å². The molecule has 1 aromatic heterocycles. The number of aromatic nitrogens is 1. The molecule has 0 bridgehead atoms. The van der Waals surface area contributed by atoms with Crippen LogP contribution in [0.5, 0.6) is 0 Å². The molecule has 2 unspecified atom stereocenters. The van der Waals surface area contributed by atoms with Gasteiger partial charge in [0.2, 0.25) is 0 Å². The van der Waals surface area contributed by atoms with Crippen molar-refractivity contribution < 1.29 is 4.79 Å². The lowest BCUT2D eigenvalue weighted by Crippen LogP contribution is -2.36. The van der Waals surface area contributed by atoms with E-state index in [9.17, 15) is 4.79 Å². The summed E-state index contributed by atoms with van der Waals surface area (Å²) in [4.78, 5) is 16.5. The molecule has 0 aliphatic heterocycles. The summed E-state index contributed by atoms with van der Waals surface area (Å²) < 4.78 is 0. The lowest BCUT2D eigenvalue weighted by Gasteiger charge is -2.17. The van der Waals surface area contributed by atoms with Crippen molar-refractivity contribution in [3.05, 3.63) is 41.2 Å². The van der Waals surface area contributed by atoms with E-state index in [1.54, 1.807) is 6.07 Å². The molecule has 1 fully saturated rings. The molecule has 2 aromatic rings. The van der Waals surface area contributed by atoms with Crippen LogP contribution in [0.25, 0.3) is 10.8 Å². The zero-order valence-corrected chi connectivity index (χ0v) is 12.2. The number of carbonyl (C=O) groups is 1. The van der Waals surface area contributed by atoms with Crippen molar-refractivity contribution in [1.29, 1.82) is 0 Å². The van der Waals surface area contributed by atoms with E-state index >= 15 is 0 Å². The monoisotopic (exact) mass is 288 g/mol. The smallest absolute Gasteiger partial charge is 0.270 e. The van der Waals surface area contributed by atoms with E-state index in [0.717, 1.165) is 17.2 Å². The first-order valence-corrected chi connectivity index (χ1v) is 7.39. The predicted octanol–water partition coefficient (Wildman–Crippen LogP) is 3.81. The molecule has 0 radical (unpaired) electrons. The summed E-state index contributed by atoms with van der Waals surface area (Å²) >= 11 is 6.16. The lowest BCUT2D eigenvalue weighted by molar-refractivity contribution is 0.0925. The van der Waals surface area contributed by atoms with Crippen molar-refractivity contribution in [2.75, 3.05) is 0 Å². The summed E-state index contributed by atoms with van der Waals surface area (Å²) in [6.45, 7) is 2.18. The second-order valence-corrected chi connectivity index (χ2v) is 5.87. The Labute approximate surface area is 123 Å². The van der Waals surface area contributed by atoms with Crippen LogP contribution in [0.1, 0.15) is 36.7 Å². The molecule has 2 atom stereocenters. The van der Waals surface area contributed by atoms with Gasteiger partial charge in [0.25, 0.3) is 5.91 Å². The molecule has 0 spiro atoms. The molecule has 1 aliphatic carbocycles. The number of amides is 1. The fraction of sp³-hybridized carbons (Fsp3) is 0.375. The molecule has 3 rings (SSSR count). The third-order valence-electron chi connectivity index (χ3n) is 4.10. The predicted molar refractivity (Wildman–Crippen MR) is 81.0 cm³/mol. The summed E-state index contributed by atoms with van der Waals surface area (Å²) in [5, 5.41) is 5.28. The summed E-state index contributed by atoms with van der Waals surface area (Å²) in [6.07, 6.45) is 3.41. The fourth-order valence-corrected chi connectivity index (χ4v) is 3.14. The van der Waals surface area contributed by atoms with Gasteiger partial charge in [-0.3, -0.25) is 4.79 Å². The van der Waals surface area contributed by atoms with Crippen LogP contribution >= 0.6 is 11.6 Å². The number of benzene rings is 1. The standard InChI is InChI=1S/C16H17ClN2O/c1-10-5-4-8-13(10)19-16(20)14-9-11-6-2-3-7-12(11)15(17)18-14/h2-3,6-7,9-10,13H,4-5,8H2,1H3,(H,19,20). The van der Waals surface area contributed by atoms with Gasteiger partial charge in [0, 0.05) is 11.4 Å². The van der Waals surface area contributed by atoms with Crippen LogP contribution in [0.3, 0.4) is 0 Å². The second-order valence-electron chi connectivity index (χ2n) is 5.51. The maximum Gasteiger partial charge on any atom is 0.270 e. The Balaban J connectivity index is 1.88. The minimum atomic E-state index is -0.128. The number of carbonyl (C=O) groups excluding carboxylic acids is 1.